The van der Waals surface area contributed by atoms with E-state index in [0.29, 0.717) is 0 Å². The number of rotatable bonds is 5. The Morgan fingerprint density at radius 2 is 0.677 bits per heavy atom. The Kier molecular flexibility index (Phi) is 8.24. The number of nitrogens with zero attached hydrogens (tertiary/aromatic N) is 1. The maximum Gasteiger partial charge on any atom is 0.0473 e. The summed E-state index contributed by atoms with van der Waals surface area (Å²) in [6, 6.07) is 64.9. The predicted molar refractivity (Wildman–Crippen MR) is 263 cm³/mol. The number of benzene rings is 8. The molecule has 0 N–H and O–H groups in total. The van der Waals surface area contributed by atoms with Gasteiger partial charge in [-0.25, -0.2) is 0 Å². The first-order valence-electron chi connectivity index (χ1n) is 22.4. The van der Waals surface area contributed by atoms with Gasteiger partial charge in [-0.2, -0.15) is 0 Å². The second kappa shape index (κ2) is 13.3. The highest BCUT2D eigenvalue weighted by molar-refractivity contribution is 5.91. The average Bonchev–Trinajstić information content (AvgIpc) is 3.75. The van der Waals surface area contributed by atoms with Crippen molar-refractivity contribution in [1.29, 1.82) is 0 Å². The summed E-state index contributed by atoms with van der Waals surface area (Å²) in [6.45, 7) is 21.2. The van der Waals surface area contributed by atoms with Crippen LogP contribution in [-0.4, -0.2) is 0 Å². The first-order valence-corrected chi connectivity index (χ1v) is 22.4. The third-order valence-corrected chi connectivity index (χ3v) is 14.8. The van der Waals surface area contributed by atoms with Crippen LogP contribution in [0.4, 0.5) is 17.1 Å². The first-order chi connectivity index (χ1) is 29.6. The van der Waals surface area contributed by atoms with Gasteiger partial charge >= 0.3 is 0 Å². The molecular weight excluding hydrogens is 747 g/mol. The summed E-state index contributed by atoms with van der Waals surface area (Å²) in [5, 5.41) is 0. The van der Waals surface area contributed by atoms with E-state index in [2.05, 4.69) is 237 Å². The van der Waals surface area contributed by atoms with E-state index in [1.54, 1.807) is 0 Å². The van der Waals surface area contributed by atoms with Gasteiger partial charge < -0.3 is 4.90 Å². The van der Waals surface area contributed by atoms with Gasteiger partial charge in [0.1, 0.15) is 0 Å². The van der Waals surface area contributed by atoms with E-state index < -0.39 is 0 Å². The maximum absolute atomic E-state index is 2.50. The largest absolute Gasteiger partial charge is 0.310 e. The van der Waals surface area contributed by atoms with E-state index in [1.807, 2.05) is 0 Å². The molecule has 11 rings (SSSR count). The van der Waals surface area contributed by atoms with Gasteiger partial charge in [-0.05, 0) is 155 Å². The maximum atomic E-state index is 2.50. The Hall–Kier alpha value is -6.44. The minimum atomic E-state index is -0.125. The van der Waals surface area contributed by atoms with Crippen molar-refractivity contribution < 1.29 is 0 Å². The zero-order valence-corrected chi connectivity index (χ0v) is 37.6. The zero-order chi connectivity index (χ0) is 42.9. The van der Waals surface area contributed by atoms with Crippen molar-refractivity contribution in [1.82, 2.24) is 0 Å². The fourth-order valence-corrected chi connectivity index (χ4v) is 11.2. The predicted octanol–water partition coefficient (Wildman–Crippen LogP) is 16.7. The van der Waals surface area contributed by atoms with Gasteiger partial charge in [-0.1, -0.05) is 178 Å². The van der Waals surface area contributed by atoms with Crippen molar-refractivity contribution in [3.05, 3.63) is 209 Å². The highest BCUT2D eigenvalue weighted by Gasteiger charge is 2.38. The molecule has 0 spiro atoms. The van der Waals surface area contributed by atoms with Gasteiger partial charge in [0.05, 0.1) is 0 Å². The fourth-order valence-electron chi connectivity index (χ4n) is 11.2. The molecule has 3 aliphatic rings. The summed E-state index contributed by atoms with van der Waals surface area (Å²) in [4.78, 5) is 2.50. The minimum absolute atomic E-state index is 0.0435. The van der Waals surface area contributed by atoms with Crippen molar-refractivity contribution in [2.75, 3.05) is 4.90 Å². The standard InChI is InChI=1S/C61H55N/c1-58(2,3)42-24-26-43(27-25-42)62(44-28-31-51-48-18-12-15-21-54(48)61(8,9)57(51)37-44)45-33-40(38-22-29-49-46-16-10-13-19-52(46)59(4,5)55(49)35-38)32-41(34-45)39-23-30-50-47-17-11-14-20-53(47)60(6,7)56(50)36-39/h10-37H,1-9H3. The van der Waals surface area contributed by atoms with E-state index in [9.17, 15) is 0 Å². The second-order valence-electron chi connectivity index (χ2n) is 20.7. The fraction of sp³-hybridized carbons (Fsp3) is 0.213. The van der Waals surface area contributed by atoms with Gasteiger partial charge in [0.15, 0.2) is 0 Å². The van der Waals surface area contributed by atoms with Crippen LogP contribution < -0.4 is 4.90 Å². The molecule has 3 aliphatic carbocycles. The lowest BCUT2D eigenvalue weighted by molar-refractivity contribution is 0.590. The molecule has 8 aromatic carbocycles. The van der Waals surface area contributed by atoms with Crippen LogP contribution in [0, 0.1) is 0 Å². The lowest BCUT2D eigenvalue weighted by Crippen LogP contribution is -2.17. The highest BCUT2D eigenvalue weighted by atomic mass is 15.1. The molecule has 0 heterocycles. The molecule has 0 unspecified atom stereocenters. The zero-order valence-electron chi connectivity index (χ0n) is 37.6. The van der Waals surface area contributed by atoms with Gasteiger partial charge in [0.2, 0.25) is 0 Å². The molecule has 0 aliphatic heterocycles. The van der Waals surface area contributed by atoms with E-state index in [-0.39, 0.29) is 21.7 Å². The molecular formula is C61H55N. The van der Waals surface area contributed by atoms with Crippen molar-refractivity contribution >= 4 is 17.1 Å². The van der Waals surface area contributed by atoms with Crippen LogP contribution in [0.5, 0.6) is 0 Å². The van der Waals surface area contributed by atoms with Crippen LogP contribution in [0.1, 0.15) is 101 Å². The monoisotopic (exact) mass is 801 g/mol. The van der Waals surface area contributed by atoms with Crippen molar-refractivity contribution in [2.45, 2.75) is 84.0 Å². The Bertz CT molecular complexity index is 3000. The van der Waals surface area contributed by atoms with Crippen LogP contribution in [0.15, 0.2) is 170 Å². The highest BCUT2D eigenvalue weighted by Crippen LogP contribution is 2.54. The van der Waals surface area contributed by atoms with E-state index in [0.717, 1.165) is 17.1 Å². The summed E-state index contributed by atoms with van der Waals surface area (Å²) in [5.41, 5.74) is 25.7. The van der Waals surface area contributed by atoms with Crippen LogP contribution >= 0.6 is 0 Å². The second-order valence-corrected chi connectivity index (χ2v) is 20.7. The molecule has 1 nitrogen and oxygen atoms in total. The normalized spacial score (nSPS) is 15.6. The number of fused-ring (bicyclic) bond motifs is 9. The Balaban J connectivity index is 1.14. The van der Waals surface area contributed by atoms with E-state index in [1.165, 1.54) is 94.6 Å². The average molecular weight is 802 g/mol. The van der Waals surface area contributed by atoms with Gasteiger partial charge in [0.25, 0.3) is 0 Å². The topological polar surface area (TPSA) is 3.24 Å². The molecule has 0 aromatic heterocycles. The SMILES string of the molecule is CC(C)(C)c1ccc(N(c2cc(-c3ccc4c(c3)C(C)(C)c3ccccc3-4)cc(-c3ccc4c(c3)C(C)(C)c3ccccc3-4)c2)c2ccc3c(c2)C(C)(C)c2ccccc2-3)cc1. The lowest BCUT2D eigenvalue weighted by Gasteiger charge is -2.30. The van der Waals surface area contributed by atoms with Crippen LogP contribution in [0.25, 0.3) is 55.6 Å². The van der Waals surface area contributed by atoms with Gasteiger partial charge in [-0.3, -0.25) is 0 Å². The molecule has 304 valence electrons. The van der Waals surface area contributed by atoms with Crippen LogP contribution in [-0.2, 0) is 21.7 Å². The van der Waals surface area contributed by atoms with Crippen molar-refractivity contribution in [3.63, 3.8) is 0 Å². The molecule has 0 amide bonds. The van der Waals surface area contributed by atoms with Crippen molar-refractivity contribution in [3.8, 4) is 55.6 Å². The summed E-state index contributed by atoms with van der Waals surface area (Å²) >= 11 is 0. The number of hydrogen-bond acceptors (Lipinski definition) is 1. The number of hydrogen-bond donors (Lipinski definition) is 0. The Morgan fingerprint density at radius 1 is 0.306 bits per heavy atom. The van der Waals surface area contributed by atoms with E-state index in [4.69, 9.17) is 0 Å². The van der Waals surface area contributed by atoms with Crippen molar-refractivity contribution in [2.24, 2.45) is 0 Å². The van der Waals surface area contributed by atoms with Gasteiger partial charge in [-0.15, -0.1) is 0 Å². The Morgan fingerprint density at radius 3 is 1.11 bits per heavy atom. The smallest absolute Gasteiger partial charge is 0.0473 e. The Labute approximate surface area is 368 Å². The molecule has 0 bridgehead atoms. The summed E-state index contributed by atoms with van der Waals surface area (Å²) in [7, 11) is 0. The number of anilines is 3. The molecule has 8 aromatic rings. The van der Waals surface area contributed by atoms with E-state index >= 15 is 0 Å². The summed E-state index contributed by atoms with van der Waals surface area (Å²) in [5.74, 6) is 0. The summed E-state index contributed by atoms with van der Waals surface area (Å²) < 4.78 is 0. The molecule has 0 saturated heterocycles. The van der Waals surface area contributed by atoms with Crippen LogP contribution in [0.2, 0.25) is 0 Å². The third kappa shape index (κ3) is 5.67. The molecule has 0 saturated carbocycles. The third-order valence-electron chi connectivity index (χ3n) is 14.8. The quantitative estimate of drug-likeness (QED) is 0.168. The molecule has 0 atom stereocenters. The molecule has 0 radical (unpaired) electrons. The van der Waals surface area contributed by atoms with Gasteiger partial charge in [0, 0.05) is 33.3 Å². The molecule has 0 fully saturated rings. The molecule has 1 heteroatoms. The van der Waals surface area contributed by atoms with Crippen LogP contribution in [0.3, 0.4) is 0 Å². The first kappa shape index (κ1) is 38.5. The lowest BCUT2D eigenvalue weighted by atomic mass is 9.81. The minimum Gasteiger partial charge on any atom is -0.310 e. The molecule has 62 heavy (non-hydrogen) atoms. The summed E-state index contributed by atoms with van der Waals surface area (Å²) in [6.07, 6.45) is 0.